The number of hydrogen-bond acceptors (Lipinski definition) is 1. The molecule has 0 saturated heterocycles. The molecule has 0 aromatic heterocycles. The van der Waals surface area contributed by atoms with Gasteiger partial charge < -0.3 is 5.32 Å². The molecule has 1 aromatic rings. The van der Waals surface area contributed by atoms with E-state index >= 15 is 0 Å². The standard InChI is InChI=1S/C12H16N2/c1-12(2,3)14-9-10-5-7-11(13-4)8-6-10/h5-8,14H,9H2,1-3H3. The van der Waals surface area contributed by atoms with Crippen LogP contribution in [0.25, 0.3) is 4.85 Å². The molecule has 1 rings (SSSR count). The molecule has 0 heterocycles. The summed E-state index contributed by atoms with van der Waals surface area (Å²) in [6.45, 7) is 14.1. The first-order valence-electron chi connectivity index (χ1n) is 4.73. The van der Waals surface area contributed by atoms with Crippen molar-refractivity contribution in [3.8, 4) is 0 Å². The Morgan fingerprint density at radius 3 is 2.21 bits per heavy atom. The van der Waals surface area contributed by atoms with Crippen molar-refractivity contribution in [2.24, 2.45) is 0 Å². The summed E-state index contributed by atoms with van der Waals surface area (Å²) in [5.74, 6) is 0. The lowest BCUT2D eigenvalue weighted by molar-refractivity contribution is 0.424. The van der Waals surface area contributed by atoms with Gasteiger partial charge in [0.2, 0.25) is 0 Å². The van der Waals surface area contributed by atoms with Crippen LogP contribution in [0.2, 0.25) is 0 Å². The van der Waals surface area contributed by atoms with Crippen molar-refractivity contribution in [3.05, 3.63) is 41.2 Å². The number of hydrogen-bond donors (Lipinski definition) is 1. The van der Waals surface area contributed by atoms with E-state index in [1.54, 1.807) is 0 Å². The van der Waals surface area contributed by atoms with Crippen molar-refractivity contribution in [2.75, 3.05) is 0 Å². The predicted molar refractivity (Wildman–Crippen MR) is 59.3 cm³/mol. The summed E-state index contributed by atoms with van der Waals surface area (Å²) in [6, 6.07) is 7.69. The molecule has 0 aliphatic carbocycles. The third-order valence-corrected chi connectivity index (χ3v) is 1.89. The minimum Gasteiger partial charge on any atom is -0.308 e. The van der Waals surface area contributed by atoms with Gasteiger partial charge in [0.15, 0.2) is 5.69 Å². The molecule has 1 N–H and O–H groups in total. The van der Waals surface area contributed by atoms with E-state index in [1.165, 1.54) is 5.56 Å². The molecule has 1 aromatic carbocycles. The van der Waals surface area contributed by atoms with Crippen LogP contribution in [0.5, 0.6) is 0 Å². The van der Waals surface area contributed by atoms with Crippen LogP contribution in [-0.4, -0.2) is 5.54 Å². The lowest BCUT2D eigenvalue weighted by Gasteiger charge is -2.20. The van der Waals surface area contributed by atoms with Crippen molar-refractivity contribution < 1.29 is 0 Å². The second-order valence-corrected chi connectivity index (χ2v) is 4.38. The summed E-state index contributed by atoms with van der Waals surface area (Å²) in [6.07, 6.45) is 0. The quantitative estimate of drug-likeness (QED) is 0.705. The second kappa shape index (κ2) is 4.26. The van der Waals surface area contributed by atoms with E-state index in [2.05, 4.69) is 30.9 Å². The average Bonchev–Trinajstić information content (AvgIpc) is 2.14. The normalized spacial score (nSPS) is 11.0. The molecular weight excluding hydrogens is 172 g/mol. The van der Waals surface area contributed by atoms with Gasteiger partial charge in [0.1, 0.15) is 0 Å². The average molecular weight is 188 g/mol. The molecule has 0 fully saturated rings. The van der Waals surface area contributed by atoms with E-state index in [0.29, 0.717) is 5.69 Å². The van der Waals surface area contributed by atoms with E-state index in [9.17, 15) is 0 Å². The number of rotatable bonds is 2. The highest BCUT2D eigenvalue weighted by atomic mass is 14.9. The first-order valence-corrected chi connectivity index (χ1v) is 4.73. The summed E-state index contributed by atoms with van der Waals surface area (Å²) in [4.78, 5) is 3.35. The van der Waals surface area contributed by atoms with Gasteiger partial charge in [-0.3, -0.25) is 0 Å². The van der Waals surface area contributed by atoms with Gasteiger partial charge in [-0.25, -0.2) is 4.85 Å². The Labute approximate surface area is 85.8 Å². The molecule has 0 aliphatic heterocycles. The Morgan fingerprint density at radius 2 is 1.79 bits per heavy atom. The molecule has 0 atom stereocenters. The summed E-state index contributed by atoms with van der Waals surface area (Å²) >= 11 is 0. The van der Waals surface area contributed by atoms with Gasteiger partial charge in [-0.15, -0.1) is 0 Å². The van der Waals surface area contributed by atoms with Gasteiger partial charge in [0.25, 0.3) is 0 Å². The van der Waals surface area contributed by atoms with Crippen LogP contribution in [0.15, 0.2) is 24.3 Å². The van der Waals surface area contributed by atoms with E-state index < -0.39 is 0 Å². The monoisotopic (exact) mass is 188 g/mol. The lowest BCUT2D eigenvalue weighted by atomic mass is 10.1. The summed E-state index contributed by atoms with van der Waals surface area (Å²) in [5.41, 5.74) is 2.05. The Balaban J connectivity index is 2.58. The van der Waals surface area contributed by atoms with Crippen molar-refractivity contribution in [1.29, 1.82) is 0 Å². The fourth-order valence-electron chi connectivity index (χ4n) is 1.06. The molecule has 0 radical (unpaired) electrons. The van der Waals surface area contributed by atoms with Crippen LogP contribution >= 0.6 is 0 Å². The maximum absolute atomic E-state index is 6.82. The molecule has 0 aliphatic rings. The first-order chi connectivity index (χ1) is 6.51. The fraction of sp³-hybridized carbons (Fsp3) is 0.417. The number of nitrogens with zero attached hydrogens (tertiary/aromatic N) is 1. The SMILES string of the molecule is [C-]#[N+]c1ccc(CNC(C)(C)C)cc1. The molecule has 74 valence electrons. The summed E-state index contributed by atoms with van der Waals surface area (Å²) in [7, 11) is 0. The third kappa shape index (κ3) is 3.59. The topological polar surface area (TPSA) is 16.4 Å². The third-order valence-electron chi connectivity index (χ3n) is 1.89. The molecular formula is C12H16N2. The van der Waals surface area contributed by atoms with Gasteiger partial charge in [0, 0.05) is 12.1 Å². The molecule has 14 heavy (non-hydrogen) atoms. The van der Waals surface area contributed by atoms with E-state index in [0.717, 1.165) is 6.54 Å². The molecule has 0 saturated carbocycles. The van der Waals surface area contributed by atoms with Gasteiger partial charge >= 0.3 is 0 Å². The summed E-state index contributed by atoms with van der Waals surface area (Å²) < 4.78 is 0. The second-order valence-electron chi connectivity index (χ2n) is 4.38. The molecule has 0 amide bonds. The number of benzene rings is 1. The Morgan fingerprint density at radius 1 is 1.21 bits per heavy atom. The van der Waals surface area contributed by atoms with E-state index in [-0.39, 0.29) is 5.54 Å². The van der Waals surface area contributed by atoms with E-state index in [1.807, 2.05) is 24.3 Å². The van der Waals surface area contributed by atoms with Crippen LogP contribution in [0, 0.1) is 6.57 Å². The molecule has 2 nitrogen and oxygen atoms in total. The van der Waals surface area contributed by atoms with Crippen LogP contribution < -0.4 is 5.32 Å². The fourth-order valence-corrected chi connectivity index (χ4v) is 1.06. The smallest absolute Gasteiger partial charge is 0.187 e. The highest BCUT2D eigenvalue weighted by molar-refractivity contribution is 5.45. The van der Waals surface area contributed by atoms with E-state index in [4.69, 9.17) is 6.57 Å². The van der Waals surface area contributed by atoms with Gasteiger partial charge in [-0.05, 0) is 26.3 Å². The Kier molecular flexibility index (Phi) is 3.27. The largest absolute Gasteiger partial charge is 0.308 e. The van der Waals surface area contributed by atoms with Crippen LogP contribution in [0.4, 0.5) is 5.69 Å². The lowest BCUT2D eigenvalue weighted by Crippen LogP contribution is -2.34. The van der Waals surface area contributed by atoms with Crippen molar-refractivity contribution in [1.82, 2.24) is 5.32 Å². The zero-order valence-electron chi connectivity index (χ0n) is 8.96. The maximum atomic E-state index is 6.82. The van der Waals surface area contributed by atoms with Crippen molar-refractivity contribution >= 4 is 5.69 Å². The first kappa shape index (κ1) is 10.7. The molecule has 0 bridgehead atoms. The van der Waals surface area contributed by atoms with Crippen LogP contribution in [0.3, 0.4) is 0 Å². The van der Waals surface area contributed by atoms with Crippen LogP contribution in [0.1, 0.15) is 26.3 Å². The van der Waals surface area contributed by atoms with Crippen molar-refractivity contribution in [3.63, 3.8) is 0 Å². The highest BCUT2D eigenvalue weighted by Gasteiger charge is 2.07. The zero-order valence-corrected chi connectivity index (χ0v) is 8.96. The molecule has 2 heteroatoms. The molecule has 0 unspecified atom stereocenters. The Hall–Kier alpha value is -1.33. The molecule has 0 spiro atoms. The summed E-state index contributed by atoms with van der Waals surface area (Å²) in [5, 5.41) is 3.40. The predicted octanol–water partition coefficient (Wildman–Crippen LogP) is 3.13. The van der Waals surface area contributed by atoms with Gasteiger partial charge in [0.05, 0.1) is 6.57 Å². The van der Waals surface area contributed by atoms with Gasteiger partial charge in [-0.1, -0.05) is 24.3 Å². The Bertz CT molecular complexity index is 325. The minimum absolute atomic E-state index is 0.137. The number of nitrogens with one attached hydrogen (secondary N) is 1. The highest BCUT2D eigenvalue weighted by Crippen LogP contribution is 2.13. The minimum atomic E-state index is 0.137. The zero-order chi connectivity index (χ0) is 10.6. The maximum Gasteiger partial charge on any atom is 0.187 e. The van der Waals surface area contributed by atoms with Crippen molar-refractivity contribution in [2.45, 2.75) is 32.9 Å². The van der Waals surface area contributed by atoms with Crippen LogP contribution in [-0.2, 0) is 6.54 Å². The van der Waals surface area contributed by atoms with Gasteiger partial charge in [-0.2, -0.15) is 0 Å².